The van der Waals surface area contributed by atoms with Crippen LogP contribution in [0.4, 0.5) is 0 Å². The van der Waals surface area contributed by atoms with Gasteiger partial charge in [0.05, 0.1) is 0 Å². The Bertz CT molecular complexity index is 384. The number of aromatic nitrogens is 1. The number of nitrogens with zero attached hydrogens (tertiary/aromatic N) is 1. The second-order valence-corrected chi connectivity index (χ2v) is 3.09. The predicted octanol–water partition coefficient (Wildman–Crippen LogP) is 1.41. The number of fused-ring (bicyclic) bond motifs is 1. The van der Waals surface area contributed by atoms with Crippen molar-refractivity contribution in [2.45, 2.75) is 0 Å². The van der Waals surface area contributed by atoms with Crippen molar-refractivity contribution in [3.63, 3.8) is 0 Å². The van der Waals surface area contributed by atoms with Gasteiger partial charge in [-0.3, -0.25) is 0 Å². The Morgan fingerprint density at radius 2 is 1.82 bits per heavy atom. The Balaban J connectivity index is 2.83. The Morgan fingerprint density at radius 3 is 2.73 bits per heavy atom. The zero-order chi connectivity index (χ0) is 7.68. The van der Waals surface area contributed by atoms with Crippen LogP contribution in [0.15, 0.2) is 36.4 Å². The van der Waals surface area contributed by atoms with E-state index >= 15 is 0 Å². The Hall–Kier alpha value is -0.708. The third-order valence-corrected chi connectivity index (χ3v) is 1.98. The van der Waals surface area contributed by atoms with Gasteiger partial charge in [-0.05, 0) is 0 Å². The average molecular weight is 235 g/mol. The van der Waals surface area contributed by atoms with E-state index in [4.69, 9.17) is 0 Å². The van der Waals surface area contributed by atoms with Gasteiger partial charge in [0, 0.05) is 0 Å². The Labute approximate surface area is 75.9 Å². The van der Waals surface area contributed by atoms with E-state index in [1.807, 2.05) is 24.3 Å². The van der Waals surface area contributed by atoms with E-state index in [1.165, 1.54) is 5.39 Å². The number of rotatable bonds is 0. The summed E-state index contributed by atoms with van der Waals surface area (Å²) in [6.07, 6.45) is 0. The molecule has 2 rings (SSSR count). The molecule has 57 valence electrons. The fraction of sp³-hybridized carbons (Fsp3) is 0. The molecule has 0 bridgehead atoms. The molecule has 1 aromatic carbocycles. The summed E-state index contributed by atoms with van der Waals surface area (Å²) in [6, 6.07) is 12.1. The van der Waals surface area contributed by atoms with E-state index in [2.05, 4.69) is 36.3 Å². The van der Waals surface area contributed by atoms with Gasteiger partial charge in [-0.15, -0.1) is 0 Å². The van der Waals surface area contributed by atoms with Crippen LogP contribution in [0.2, 0.25) is 0 Å². The number of pyridine rings is 1. The maximum atomic E-state index is 4.31. The molecule has 2 heteroatoms. The van der Waals surface area contributed by atoms with Crippen molar-refractivity contribution in [3.05, 3.63) is 36.4 Å². The number of para-hydroxylation sites is 1. The average Bonchev–Trinajstić information content (AvgIpc) is 2.04. The molecule has 0 saturated heterocycles. The van der Waals surface area contributed by atoms with Crippen molar-refractivity contribution >= 4 is 15.1 Å². The van der Waals surface area contributed by atoms with Gasteiger partial charge in [0.1, 0.15) is 0 Å². The molecular weight excluding hydrogens is 229 g/mol. The summed E-state index contributed by atoms with van der Waals surface area (Å²) >= 11 is 3.06. The third kappa shape index (κ3) is 1.33. The quantitative estimate of drug-likeness (QED) is 0.628. The monoisotopic (exact) mass is 234 g/mol. The first-order valence-corrected chi connectivity index (χ1v) is 4.12. The van der Waals surface area contributed by atoms with Crippen LogP contribution in [0.25, 0.3) is 10.9 Å². The molecule has 0 fully saturated rings. The first-order valence-electron chi connectivity index (χ1n) is 3.34. The van der Waals surface area contributed by atoms with Crippen LogP contribution in [0.5, 0.6) is 0 Å². The van der Waals surface area contributed by atoms with Crippen molar-refractivity contribution in [1.29, 1.82) is 0 Å². The number of hydrogen-bond acceptors (Lipinski definition) is 1. The minimum atomic E-state index is 0.923. The summed E-state index contributed by atoms with van der Waals surface area (Å²) in [7, 11) is 0. The van der Waals surface area contributed by atoms with Gasteiger partial charge in [0.15, 0.2) is 0 Å². The Morgan fingerprint density at radius 1 is 1.00 bits per heavy atom. The minimum absolute atomic E-state index is 0.923. The standard InChI is InChI=1S/C9H6N.Pd/c1-2-6-9-8(4-1)5-3-7-10-9;/h1-6H;. The topological polar surface area (TPSA) is 12.9 Å². The summed E-state index contributed by atoms with van der Waals surface area (Å²) in [6.45, 7) is 0. The fourth-order valence-electron chi connectivity index (χ4n) is 1.03. The van der Waals surface area contributed by atoms with Crippen molar-refractivity contribution in [2.24, 2.45) is 0 Å². The molecule has 11 heavy (non-hydrogen) atoms. The van der Waals surface area contributed by atoms with Gasteiger partial charge in [-0.25, -0.2) is 0 Å². The van der Waals surface area contributed by atoms with Crippen LogP contribution >= 0.6 is 0 Å². The zero-order valence-corrected chi connectivity index (χ0v) is 7.28. The van der Waals surface area contributed by atoms with E-state index in [1.54, 1.807) is 0 Å². The molecule has 0 unspecified atom stereocenters. The molecular formula is C9H6NPd. The van der Waals surface area contributed by atoms with Crippen LogP contribution in [0, 0.1) is 0 Å². The first kappa shape index (κ1) is 6.97. The summed E-state index contributed by atoms with van der Waals surface area (Å²) in [4.78, 5) is 4.31. The summed E-state index contributed by atoms with van der Waals surface area (Å²) in [5.41, 5.74) is 1.04. The van der Waals surface area contributed by atoms with Crippen LogP contribution < -0.4 is 4.17 Å². The molecule has 0 aliphatic heterocycles. The van der Waals surface area contributed by atoms with Crippen LogP contribution in [-0.4, -0.2) is 4.98 Å². The van der Waals surface area contributed by atoms with E-state index < -0.39 is 0 Å². The second-order valence-electron chi connectivity index (χ2n) is 2.30. The molecule has 0 amide bonds. The van der Waals surface area contributed by atoms with Crippen molar-refractivity contribution in [2.75, 3.05) is 0 Å². The summed E-state index contributed by atoms with van der Waals surface area (Å²) in [5.74, 6) is 0. The van der Waals surface area contributed by atoms with Crippen LogP contribution in [0.1, 0.15) is 0 Å². The van der Waals surface area contributed by atoms with Gasteiger partial charge < -0.3 is 0 Å². The first-order chi connectivity index (χ1) is 5.36. The third-order valence-electron chi connectivity index (χ3n) is 1.55. The maximum absolute atomic E-state index is 4.31. The molecule has 1 heterocycles. The van der Waals surface area contributed by atoms with E-state index in [-0.39, 0.29) is 0 Å². The molecule has 0 radical (unpaired) electrons. The zero-order valence-electron chi connectivity index (χ0n) is 5.73. The van der Waals surface area contributed by atoms with Gasteiger partial charge >= 0.3 is 75.7 Å². The molecule has 0 spiro atoms. The SMILES string of the molecule is [Pd][c]1ccc2ccccc2n1. The van der Waals surface area contributed by atoms with Crippen molar-refractivity contribution < 1.29 is 19.2 Å². The molecule has 1 aromatic heterocycles. The molecule has 0 saturated carbocycles. The summed E-state index contributed by atoms with van der Waals surface area (Å²) < 4.78 is 0.923. The predicted molar refractivity (Wildman–Crippen MR) is 41.4 cm³/mol. The molecule has 2 aromatic rings. The Kier molecular flexibility index (Phi) is 1.73. The van der Waals surface area contributed by atoms with Crippen LogP contribution in [0.3, 0.4) is 0 Å². The molecule has 0 N–H and O–H groups in total. The normalized spacial score (nSPS) is 10.4. The molecule has 0 atom stereocenters. The van der Waals surface area contributed by atoms with Gasteiger partial charge in [-0.2, -0.15) is 0 Å². The number of benzene rings is 1. The summed E-state index contributed by atoms with van der Waals surface area (Å²) in [5, 5.41) is 1.18. The second kappa shape index (κ2) is 2.73. The van der Waals surface area contributed by atoms with E-state index in [0.29, 0.717) is 0 Å². The number of hydrogen-bond donors (Lipinski definition) is 0. The van der Waals surface area contributed by atoms with E-state index in [0.717, 1.165) is 9.68 Å². The van der Waals surface area contributed by atoms with Gasteiger partial charge in [0.2, 0.25) is 0 Å². The van der Waals surface area contributed by atoms with Crippen molar-refractivity contribution in [3.8, 4) is 0 Å². The van der Waals surface area contributed by atoms with Gasteiger partial charge in [0.25, 0.3) is 0 Å². The van der Waals surface area contributed by atoms with Crippen LogP contribution in [-0.2, 0) is 19.2 Å². The van der Waals surface area contributed by atoms with Crippen molar-refractivity contribution in [1.82, 2.24) is 4.98 Å². The fourth-order valence-corrected chi connectivity index (χ4v) is 1.35. The molecule has 0 aliphatic rings. The molecule has 0 aliphatic carbocycles. The molecule has 1 nitrogen and oxygen atoms in total. The van der Waals surface area contributed by atoms with E-state index in [9.17, 15) is 0 Å². The van der Waals surface area contributed by atoms with Gasteiger partial charge in [-0.1, -0.05) is 0 Å².